The second kappa shape index (κ2) is 4.74. The first-order valence-corrected chi connectivity index (χ1v) is 5.72. The van der Waals surface area contributed by atoms with E-state index >= 15 is 0 Å². The van der Waals surface area contributed by atoms with Crippen LogP contribution in [0, 0.1) is 5.92 Å². The molecule has 3 heteroatoms. The van der Waals surface area contributed by atoms with Gasteiger partial charge in [-0.1, -0.05) is 13.3 Å². The van der Waals surface area contributed by atoms with Crippen molar-refractivity contribution in [3.05, 3.63) is 11.9 Å². The van der Waals surface area contributed by atoms with Gasteiger partial charge in [0.15, 0.2) is 5.31 Å². The Morgan fingerprint density at radius 2 is 2.33 bits per heavy atom. The van der Waals surface area contributed by atoms with E-state index in [1.807, 2.05) is 0 Å². The number of hydrogen-bond donors (Lipinski definition) is 0. The van der Waals surface area contributed by atoms with Crippen molar-refractivity contribution < 1.29 is 9.09 Å². The van der Waals surface area contributed by atoms with Crippen LogP contribution in [-0.2, 0) is 9.09 Å². The average Bonchev–Trinajstić information content (AvgIpc) is 2.86. The van der Waals surface area contributed by atoms with E-state index in [2.05, 4.69) is 13.5 Å². The highest BCUT2D eigenvalue weighted by Crippen LogP contribution is 2.48. The van der Waals surface area contributed by atoms with Crippen LogP contribution in [0.25, 0.3) is 0 Å². The zero-order valence-electron chi connectivity index (χ0n) is 7.58. The molecule has 1 aliphatic rings. The quantitative estimate of drug-likeness (QED) is 0.470. The third kappa shape index (κ3) is 3.04. The number of allylic oxidation sites excluding steroid dienone is 1. The molecular weight excluding hydrogens is 171 g/mol. The van der Waals surface area contributed by atoms with E-state index in [1.54, 1.807) is 0 Å². The first-order valence-electron chi connectivity index (χ1n) is 4.54. The molecule has 0 N–H and O–H groups in total. The molecule has 12 heavy (non-hydrogen) atoms. The van der Waals surface area contributed by atoms with E-state index in [1.165, 1.54) is 0 Å². The van der Waals surface area contributed by atoms with E-state index in [4.69, 9.17) is 4.52 Å². The van der Waals surface area contributed by atoms with Crippen LogP contribution in [0.2, 0.25) is 0 Å². The summed E-state index contributed by atoms with van der Waals surface area (Å²) in [5.74, 6) is 0.496. The van der Waals surface area contributed by atoms with Gasteiger partial charge in [-0.15, -0.1) is 4.52 Å². The van der Waals surface area contributed by atoms with Gasteiger partial charge in [0.05, 0.1) is 0 Å². The summed E-state index contributed by atoms with van der Waals surface area (Å²) in [4.78, 5) is 0. The second-order valence-electron chi connectivity index (χ2n) is 3.21. The van der Waals surface area contributed by atoms with E-state index in [-0.39, 0.29) is 0 Å². The van der Waals surface area contributed by atoms with Crippen LogP contribution in [0.3, 0.4) is 0 Å². The van der Waals surface area contributed by atoms with Gasteiger partial charge in [0.1, 0.15) is 6.61 Å². The normalized spacial score (nSPS) is 17.6. The summed E-state index contributed by atoms with van der Waals surface area (Å²) in [7, 11) is -1.57. The van der Waals surface area contributed by atoms with Crippen molar-refractivity contribution in [3.63, 3.8) is 0 Å². The molecule has 2 nitrogen and oxygen atoms in total. The maximum atomic E-state index is 11.3. The summed E-state index contributed by atoms with van der Waals surface area (Å²) in [5, 5.41) is 0.820. The van der Waals surface area contributed by atoms with Crippen molar-refractivity contribution in [1.29, 1.82) is 0 Å². The fourth-order valence-corrected chi connectivity index (χ4v) is 1.96. The van der Waals surface area contributed by atoms with Gasteiger partial charge in [-0.3, -0.25) is 0 Å². The summed E-state index contributed by atoms with van der Waals surface area (Å²) in [6, 6.07) is 0. The smallest absolute Gasteiger partial charge is 0.142 e. The van der Waals surface area contributed by atoms with Gasteiger partial charge in [-0.2, -0.15) is 0 Å². The van der Waals surface area contributed by atoms with Gasteiger partial charge in [-0.05, 0) is 30.4 Å². The molecule has 1 rings (SSSR count). The maximum absolute atomic E-state index is 11.3. The molecule has 1 unspecified atom stereocenters. The third-order valence-corrected chi connectivity index (χ3v) is 3.24. The van der Waals surface area contributed by atoms with E-state index in [9.17, 15) is 4.57 Å². The molecule has 0 aromatic rings. The highest BCUT2D eigenvalue weighted by atomic mass is 31.1. The van der Waals surface area contributed by atoms with E-state index < -0.39 is 8.03 Å². The molecule has 68 valence electrons. The molecule has 0 aromatic heterocycles. The van der Waals surface area contributed by atoms with Crippen LogP contribution in [0.1, 0.15) is 32.6 Å². The monoisotopic (exact) mass is 187 g/mol. The van der Waals surface area contributed by atoms with Crippen LogP contribution in [0.15, 0.2) is 11.9 Å². The van der Waals surface area contributed by atoms with E-state index in [0.717, 1.165) is 31.0 Å². The second-order valence-corrected chi connectivity index (χ2v) is 4.56. The summed E-state index contributed by atoms with van der Waals surface area (Å²) in [6.45, 7) is 6.48. The molecule has 1 saturated carbocycles. The van der Waals surface area contributed by atoms with Crippen LogP contribution >= 0.6 is 8.03 Å². The molecule has 1 atom stereocenters. The molecule has 0 bridgehead atoms. The van der Waals surface area contributed by atoms with E-state index in [0.29, 0.717) is 12.5 Å². The molecule has 1 fully saturated rings. The third-order valence-electron chi connectivity index (χ3n) is 1.99. The summed E-state index contributed by atoms with van der Waals surface area (Å²) < 4.78 is 16.5. The first-order chi connectivity index (χ1) is 5.75. The predicted octanol–water partition coefficient (Wildman–Crippen LogP) is 3.47. The Morgan fingerprint density at radius 3 is 2.83 bits per heavy atom. The molecule has 0 saturated heterocycles. The molecule has 0 radical (unpaired) electrons. The number of unbranched alkanes of at least 4 members (excludes halogenated alkanes) is 1. The number of hydrogen-bond acceptors (Lipinski definition) is 2. The molecule has 0 aliphatic heterocycles. The van der Waals surface area contributed by atoms with Crippen LogP contribution in [-0.4, -0.2) is 6.61 Å². The SMILES string of the molecule is C=C(C1CC1)[P+](=O)OCCCC. The van der Waals surface area contributed by atoms with Gasteiger partial charge in [0.2, 0.25) is 0 Å². The van der Waals surface area contributed by atoms with Crippen LogP contribution in [0.4, 0.5) is 0 Å². The van der Waals surface area contributed by atoms with Gasteiger partial charge < -0.3 is 0 Å². The fourth-order valence-electron chi connectivity index (χ4n) is 0.940. The Kier molecular flexibility index (Phi) is 3.90. The highest BCUT2D eigenvalue weighted by Gasteiger charge is 2.38. The highest BCUT2D eigenvalue weighted by molar-refractivity contribution is 7.44. The van der Waals surface area contributed by atoms with Crippen molar-refractivity contribution >= 4 is 8.03 Å². The Labute approximate surface area is 74.9 Å². The lowest BCUT2D eigenvalue weighted by molar-refractivity contribution is 0.324. The Morgan fingerprint density at radius 1 is 1.67 bits per heavy atom. The average molecular weight is 187 g/mol. The zero-order chi connectivity index (χ0) is 8.97. The van der Waals surface area contributed by atoms with Gasteiger partial charge in [0.25, 0.3) is 0 Å². The Hall–Kier alpha value is -0.200. The lowest BCUT2D eigenvalue weighted by atomic mass is 10.4. The summed E-state index contributed by atoms with van der Waals surface area (Å²) in [6.07, 6.45) is 4.37. The lowest BCUT2D eigenvalue weighted by Gasteiger charge is -1.90. The summed E-state index contributed by atoms with van der Waals surface area (Å²) >= 11 is 0. The van der Waals surface area contributed by atoms with Gasteiger partial charge >= 0.3 is 8.03 Å². The fraction of sp³-hybridized carbons (Fsp3) is 0.778. The minimum Gasteiger partial charge on any atom is -0.142 e. The number of rotatable bonds is 6. The largest absolute Gasteiger partial charge is 0.543 e. The van der Waals surface area contributed by atoms with Crippen molar-refractivity contribution in [2.24, 2.45) is 5.92 Å². The predicted molar refractivity (Wildman–Crippen MR) is 50.3 cm³/mol. The summed E-state index contributed by atoms with van der Waals surface area (Å²) in [5.41, 5.74) is 0. The molecule has 0 heterocycles. The van der Waals surface area contributed by atoms with Crippen LogP contribution in [0.5, 0.6) is 0 Å². The van der Waals surface area contributed by atoms with Gasteiger partial charge in [-0.25, -0.2) is 0 Å². The Bertz CT molecular complexity index is 185. The molecule has 0 amide bonds. The molecule has 0 aromatic carbocycles. The minimum atomic E-state index is -1.57. The van der Waals surface area contributed by atoms with Crippen molar-refractivity contribution in [3.8, 4) is 0 Å². The topological polar surface area (TPSA) is 26.3 Å². The Balaban J connectivity index is 2.14. The first kappa shape index (κ1) is 9.88. The van der Waals surface area contributed by atoms with Crippen molar-refractivity contribution in [1.82, 2.24) is 0 Å². The lowest BCUT2D eigenvalue weighted by Crippen LogP contribution is -1.87. The maximum Gasteiger partial charge on any atom is 0.543 e. The van der Waals surface area contributed by atoms with Crippen molar-refractivity contribution in [2.45, 2.75) is 32.6 Å². The standard InChI is InChI=1S/C9H16O2P/c1-3-4-7-11-12(10)8(2)9-5-6-9/h9H,2-7H2,1H3/q+1. The molecule has 1 aliphatic carbocycles. The molecular formula is C9H16O2P+. The van der Waals surface area contributed by atoms with Crippen LogP contribution < -0.4 is 0 Å². The van der Waals surface area contributed by atoms with Gasteiger partial charge in [0, 0.05) is 5.92 Å². The minimum absolute atomic E-state index is 0.496. The van der Waals surface area contributed by atoms with Crippen molar-refractivity contribution in [2.75, 3.05) is 6.61 Å². The zero-order valence-corrected chi connectivity index (χ0v) is 8.48. The molecule has 0 spiro atoms.